The number of hydrogen-bond acceptors (Lipinski definition) is 4. The Balaban J connectivity index is 1.30. The molecule has 1 aromatic carbocycles. The number of fused-ring (bicyclic) bond motifs is 1. The summed E-state index contributed by atoms with van der Waals surface area (Å²) in [7, 11) is 0. The van der Waals surface area contributed by atoms with E-state index in [-0.39, 0.29) is 17.9 Å². The van der Waals surface area contributed by atoms with Gasteiger partial charge >= 0.3 is 0 Å². The molecule has 2 N–H and O–H groups in total. The molecular weight excluding hydrogens is 340 g/mol. The Kier molecular flexibility index (Phi) is 4.13. The molecule has 5 rings (SSSR count). The summed E-state index contributed by atoms with van der Waals surface area (Å²) in [6.07, 6.45) is 5.06. The number of rotatable bonds is 5. The SMILES string of the molecule is O=C(N[C@@H]1COC[C@H]1Cc1ccnc2ccccc12)c1cc(C2CC2)[nH]n1. The first-order chi connectivity index (χ1) is 13.3. The quantitative estimate of drug-likeness (QED) is 0.731. The second-order valence-electron chi connectivity index (χ2n) is 7.55. The first-order valence-electron chi connectivity index (χ1n) is 9.54. The van der Waals surface area contributed by atoms with Gasteiger partial charge in [-0.3, -0.25) is 14.9 Å². The van der Waals surface area contributed by atoms with Gasteiger partial charge in [0.15, 0.2) is 0 Å². The van der Waals surface area contributed by atoms with Gasteiger partial charge in [0.2, 0.25) is 0 Å². The maximum absolute atomic E-state index is 12.6. The number of nitrogens with zero attached hydrogens (tertiary/aromatic N) is 2. The standard InChI is InChI=1S/C21H22N4O2/c26-21(19-10-18(24-25-19)13-5-6-13)23-20-12-27-11-15(20)9-14-7-8-22-17-4-2-1-3-16(14)17/h1-4,7-8,10,13,15,20H,5-6,9,11-12H2,(H,23,26)(H,24,25)/t15-,20-/m1/s1. The lowest BCUT2D eigenvalue weighted by atomic mass is 9.93. The molecule has 1 amide bonds. The van der Waals surface area contributed by atoms with Gasteiger partial charge in [0.05, 0.1) is 24.8 Å². The topological polar surface area (TPSA) is 79.9 Å². The average molecular weight is 362 g/mol. The van der Waals surface area contributed by atoms with Gasteiger partial charge in [0, 0.05) is 29.1 Å². The Morgan fingerprint density at radius 3 is 3.00 bits per heavy atom. The van der Waals surface area contributed by atoms with E-state index >= 15 is 0 Å². The first kappa shape index (κ1) is 16.4. The molecule has 0 bridgehead atoms. The number of benzene rings is 1. The molecule has 6 nitrogen and oxygen atoms in total. The normalized spacial score (nSPS) is 22.2. The second kappa shape index (κ2) is 6.78. The van der Waals surface area contributed by atoms with E-state index in [4.69, 9.17) is 4.74 Å². The molecule has 0 spiro atoms. The van der Waals surface area contributed by atoms with E-state index in [0.717, 1.165) is 17.6 Å². The van der Waals surface area contributed by atoms with Crippen molar-refractivity contribution in [2.24, 2.45) is 5.92 Å². The average Bonchev–Trinajstić information content (AvgIpc) is 3.26. The highest BCUT2D eigenvalue weighted by atomic mass is 16.5. The van der Waals surface area contributed by atoms with Gasteiger partial charge in [-0.25, -0.2) is 0 Å². The van der Waals surface area contributed by atoms with Crippen LogP contribution in [0.25, 0.3) is 10.9 Å². The van der Waals surface area contributed by atoms with Crippen LogP contribution < -0.4 is 5.32 Å². The molecule has 2 atom stereocenters. The minimum Gasteiger partial charge on any atom is -0.379 e. The van der Waals surface area contributed by atoms with Crippen LogP contribution in [0.5, 0.6) is 0 Å². The number of carbonyl (C=O) groups is 1. The van der Waals surface area contributed by atoms with Crippen molar-refractivity contribution in [2.75, 3.05) is 13.2 Å². The van der Waals surface area contributed by atoms with Gasteiger partial charge in [-0.2, -0.15) is 5.10 Å². The fourth-order valence-electron chi connectivity index (χ4n) is 3.87. The van der Waals surface area contributed by atoms with Crippen molar-refractivity contribution < 1.29 is 9.53 Å². The summed E-state index contributed by atoms with van der Waals surface area (Å²) < 4.78 is 5.69. The van der Waals surface area contributed by atoms with Crippen LogP contribution in [0, 0.1) is 5.92 Å². The van der Waals surface area contributed by atoms with Gasteiger partial charge in [-0.05, 0) is 43.0 Å². The smallest absolute Gasteiger partial charge is 0.272 e. The fourth-order valence-corrected chi connectivity index (χ4v) is 3.87. The largest absolute Gasteiger partial charge is 0.379 e. The number of ether oxygens (including phenoxy) is 1. The number of hydrogen-bond donors (Lipinski definition) is 2. The minimum absolute atomic E-state index is 0.00879. The number of nitrogens with one attached hydrogen (secondary N) is 2. The van der Waals surface area contributed by atoms with Crippen LogP contribution in [0.15, 0.2) is 42.6 Å². The van der Waals surface area contributed by atoms with Crippen LogP contribution in [0.3, 0.4) is 0 Å². The van der Waals surface area contributed by atoms with Crippen LogP contribution >= 0.6 is 0 Å². The van der Waals surface area contributed by atoms with Crippen molar-refractivity contribution in [2.45, 2.75) is 31.2 Å². The predicted octanol–water partition coefficient (Wildman–Crippen LogP) is 2.82. The summed E-state index contributed by atoms with van der Waals surface area (Å²) in [6, 6.07) is 12.1. The second-order valence-corrected chi connectivity index (χ2v) is 7.55. The predicted molar refractivity (Wildman–Crippen MR) is 102 cm³/mol. The van der Waals surface area contributed by atoms with E-state index in [2.05, 4.69) is 32.6 Å². The van der Waals surface area contributed by atoms with Crippen molar-refractivity contribution in [3.8, 4) is 0 Å². The van der Waals surface area contributed by atoms with Gasteiger partial charge in [0.1, 0.15) is 5.69 Å². The van der Waals surface area contributed by atoms with Crippen LogP contribution in [0.1, 0.15) is 40.5 Å². The maximum Gasteiger partial charge on any atom is 0.272 e. The summed E-state index contributed by atoms with van der Waals surface area (Å²) in [5.74, 6) is 0.668. The minimum atomic E-state index is -0.127. The summed E-state index contributed by atoms with van der Waals surface area (Å²) >= 11 is 0. The Labute approximate surface area is 157 Å². The molecule has 27 heavy (non-hydrogen) atoms. The number of carbonyl (C=O) groups excluding carboxylic acids is 1. The Hall–Kier alpha value is -2.73. The molecule has 2 aliphatic rings. The Morgan fingerprint density at radius 1 is 1.22 bits per heavy atom. The fraction of sp³-hybridized carbons (Fsp3) is 0.381. The lowest BCUT2D eigenvalue weighted by Crippen LogP contribution is -2.40. The van der Waals surface area contributed by atoms with Crippen LogP contribution in [-0.4, -0.2) is 40.3 Å². The van der Waals surface area contributed by atoms with Crippen molar-refractivity contribution in [1.82, 2.24) is 20.5 Å². The first-order valence-corrected chi connectivity index (χ1v) is 9.54. The lowest BCUT2D eigenvalue weighted by Gasteiger charge is -2.19. The monoisotopic (exact) mass is 362 g/mol. The third-order valence-corrected chi connectivity index (χ3v) is 5.58. The third kappa shape index (κ3) is 3.32. The molecule has 6 heteroatoms. The summed E-state index contributed by atoms with van der Waals surface area (Å²) in [5.41, 5.74) is 3.78. The molecule has 1 aliphatic carbocycles. The van der Waals surface area contributed by atoms with Crippen LogP contribution in [0.2, 0.25) is 0 Å². The molecule has 2 aromatic heterocycles. The van der Waals surface area contributed by atoms with Crippen LogP contribution in [0.4, 0.5) is 0 Å². The van der Waals surface area contributed by atoms with Gasteiger partial charge < -0.3 is 10.1 Å². The maximum atomic E-state index is 12.6. The van der Waals surface area contributed by atoms with E-state index in [0.29, 0.717) is 24.8 Å². The zero-order valence-corrected chi connectivity index (χ0v) is 15.0. The molecule has 2 fully saturated rings. The highest BCUT2D eigenvalue weighted by molar-refractivity contribution is 5.92. The Morgan fingerprint density at radius 2 is 2.11 bits per heavy atom. The third-order valence-electron chi connectivity index (χ3n) is 5.58. The summed E-state index contributed by atoms with van der Waals surface area (Å²) in [4.78, 5) is 17.0. The van der Waals surface area contributed by atoms with Crippen molar-refractivity contribution >= 4 is 16.8 Å². The zero-order valence-electron chi connectivity index (χ0n) is 15.0. The molecule has 3 heterocycles. The molecule has 138 valence electrons. The molecule has 0 radical (unpaired) electrons. The molecular formula is C21H22N4O2. The summed E-state index contributed by atoms with van der Waals surface area (Å²) in [5, 5.41) is 11.5. The number of H-pyrrole nitrogens is 1. The van der Waals surface area contributed by atoms with Crippen molar-refractivity contribution in [1.29, 1.82) is 0 Å². The zero-order chi connectivity index (χ0) is 18.2. The number of para-hydroxylation sites is 1. The highest BCUT2D eigenvalue weighted by Gasteiger charge is 2.32. The lowest BCUT2D eigenvalue weighted by molar-refractivity contribution is 0.0920. The summed E-state index contributed by atoms with van der Waals surface area (Å²) in [6.45, 7) is 1.19. The van der Waals surface area contributed by atoms with E-state index in [9.17, 15) is 4.79 Å². The number of pyridine rings is 1. The number of aromatic amines is 1. The van der Waals surface area contributed by atoms with E-state index < -0.39 is 0 Å². The van der Waals surface area contributed by atoms with E-state index in [1.54, 1.807) is 0 Å². The van der Waals surface area contributed by atoms with Crippen molar-refractivity contribution in [3.63, 3.8) is 0 Å². The highest BCUT2D eigenvalue weighted by Crippen LogP contribution is 2.39. The Bertz CT molecular complexity index is 974. The number of aromatic nitrogens is 3. The molecule has 0 unspecified atom stereocenters. The van der Waals surface area contributed by atoms with E-state index in [1.807, 2.05) is 30.5 Å². The van der Waals surface area contributed by atoms with Gasteiger partial charge in [-0.1, -0.05) is 18.2 Å². The molecule has 3 aromatic rings. The number of amides is 1. The molecule has 1 saturated carbocycles. The van der Waals surface area contributed by atoms with Crippen LogP contribution in [-0.2, 0) is 11.2 Å². The molecule has 1 saturated heterocycles. The van der Waals surface area contributed by atoms with Gasteiger partial charge in [-0.15, -0.1) is 0 Å². The van der Waals surface area contributed by atoms with E-state index in [1.165, 1.54) is 23.8 Å². The van der Waals surface area contributed by atoms with Gasteiger partial charge in [0.25, 0.3) is 5.91 Å². The molecule has 1 aliphatic heterocycles. The van der Waals surface area contributed by atoms with Crippen molar-refractivity contribution in [3.05, 3.63) is 59.5 Å².